The molecule has 3 rings (SSSR count). The van der Waals surface area contributed by atoms with Crippen molar-refractivity contribution in [2.24, 2.45) is 4.99 Å². The van der Waals surface area contributed by atoms with Gasteiger partial charge in [-0.05, 0) is 29.2 Å². The number of rotatable bonds is 6. The molecule has 1 heterocycles. The molecule has 1 unspecified atom stereocenters. The van der Waals surface area contributed by atoms with Gasteiger partial charge >= 0.3 is 0 Å². The number of guanidine groups is 1. The zero-order valence-corrected chi connectivity index (χ0v) is 17.1. The second kappa shape index (κ2) is 10.3. The van der Waals surface area contributed by atoms with Crippen molar-refractivity contribution >= 4 is 23.4 Å². The molecule has 1 saturated heterocycles. The van der Waals surface area contributed by atoms with Crippen LogP contribution in [-0.4, -0.2) is 44.1 Å². The smallest absolute Gasteiger partial charge is 0.191 e. The number of aliphatic imine (C=N–C) groups is 1. The Labute approximate surface area is 167 Å². The van der Waals surface area contributed by atoms with Crippen LogP contribution in [0.4, 0.5) is 5.69 Å². The van der Waals surface area contributed by atoms with Gasteiger partial charge in [0.15, 0.2) is 5.96 Å². The summed E-state index contributed by atoms with van der Waals surface area (Å²) in [7, 11) is 1.82. The summed E-state index contributed by atoms with van der Waals surface area (Å²) >= 11 is 2.04. The van der Waals surface area contributed by atoms with Crippen molar-refractivity contribution in [3.63, 3.8) is 0 Å². The van der Waals surface area contributed by atoms with Gasteiger partial charge in [0.05, 0.1) is 0 Å². The summed E-state index contributed by atoms with van der Waals surface area (Å²) < 4.78 is 0. The van der Waals surface area contributed by atoms with Crippen LogP contribution in [0.3, 0.4) is 0 Å². The molecule has 1 atom stereocenters. The monoisotopic (exact) mass is 382 g/mol. The zero-order valence-electron chi connectivity index (χ0n) is 16.3. The van der Waals surface area contributed by atoms with Gasteiger partial charge < -0.3 is 15.5 Å². The van der Waals surface area contributed by atoms with Crippen molar-refractivity contribution in [1.82, 2.24) is 10.6 Å². The molecule has 2 N–H and O–H groups in total. The minimum Gasteiger partial charge on any atom is -0.370 e. The van der Waals surface area contributed by atoms with E-state index in [-0.39, 0.29) is 0 Å². The van der Waals surface area contributed by atoms with Crippen LogP contribution in [0.5, 0.6) is 0 Å². The Bertz CT molecular complexity index is 709. The van der Waals surface area contributed by atoms with E-state index in [1.54, 1.807) is 0 Å². The molecular formula is C22H30N4S. The summed E-state index contributed by atoms with van der Waals surface area (Å²) in [6.07, 6.45) is 0. The maximum atomic E-state index is 4.34. The van der Waals surface area contributed by atoms with Crippen LogP contribution in [0.1, 0.15) is 24.0 Å². The van der Waals surface area contributed by atoms with E-state index >= 15 is 0 Å². The van der Waals surface area contributed by atoms with Gasteiger partial charge in [-0.2, -0.15) is 11.8 Å². The Morgan fingerprint density at radius 1 is 1.04 bits per heavy atom. The second-order valence-electron chi connectivity index (χ2n) is 6.88. The number of benzene rings is 2. The lowest BCUT2D eigenvalue weighted by Gasteiger charge is -2.28. The predicted octanol–water partition coefficient (Wildman–Crippen LogP) is 3.71. The minimum absolute atomic E-state index is 0.437. The maximum absolute atomic E-state index is 4.34. The van der Waals surface area contributed by atoms with Crippen LogP contribution in [0.2, 0.25) is 0 Å². The van der Waals surface area contributed by atoms with Crippen LogP contribution >= 0.6 is 11.8 Å². The van der Waals surface area contributed by atoms with E-state index in [9.17, 15) is 0 Å². The average Bonchev–Trinajstić information content (AvgIpc) is 2.75. The van der Waals surface area contributed by atoms with Crippen molar-refractivity contribution in [2.75, 3.05) is 43.1 Å². The van der Waals surface area contributed by atoms with E-state index in [1.807, 2.05) is 18.8 Å². The summed E-state index contributed by atoms with van der Waals surface area (Å²) in [5.41, 5.74) is 3.94. The van der Waals surface area contributed by atoms with E-state index in [0.717, 1.165) is 32.1 Å². The summed E-state index contributed by atoms with van der Waals surface area (Å²) in [4.78, 5) is 6.82. The third-order valence-electron chi connectivity index (χ3n) is 4.94. The third-order valence-corrected chi connectivity index (χ3v) is 5.88. The molecule has 2 aromatic rings. The normalized spacial score (nSPS) is 16.1. The highest BCUT2D eigenvalue weighted by Crippen LogP contribution is 2.19. The van der Waals surface area contributed by atoms with Gasteiger partial charge in [0, 0.05) is 50.4 Å². The van der Waals surface area contributed by atoms with Crippen molar-refractivity contribution in [2.45, 2.75) is 19.4 Å². The average molecular weight is 383 g/mol. The van der Waals surface area contributed by atoms with Crippen LogP contribution in [0.25, 0.3) is 0 Å². The van der Waals surface area contributed by atoms with Gasteiger partial charge in [-0.15, -0.1) is 0 Å². The maximum Gasteiger partial charge on any atom is 0.191 e. The number of nitrogens with zero attached hydrogens (tertiary/aromatic N) is 2. The van der Waals surface area contributed by atoms with Gasteiger partial charge in [-0.1, -0.05) is 49.4 Å². The zero-order chi connectivity index (χ0) is 18.9. The lowest BCUT2D eigenvalue weighted by Crippen LogP contribution is -2.38. The number of anilines is 1. The molecule has 0 radical (unpaired) electrons. The van der Waals surface area contributed by atoms with Gasteiger partial charge in [-0.3, -0.25) is 4.99 Å². The highest BCUT2D eigenvalue weighted by atomic mass is 32.2. The molecule has 1 aliphatic heterocycles. The Morgan fingerprint density at radius 3 is 2.41 bits per heavy atom. The molecule has 0 aromatic heterocycles. The molecule has 2 aromatic carbocycles. The number of hydrogen-bond donors (Lipinski definition) is 2. The largest absolute Gasteiger partial charge is 0.370 e. The predicted molar refractivity (Wildman–Crippen MR) is 119 cm³/mol. The second-order valence-corrected chi connectivity index (χ2v) is 8.11. The highest BCUT2D eigenvalue weighted by Gasteiger charge is 2.11. The quantitative estimate of drug-likeness (QED) is 0.590. The molecule has 1 fully saturated rings. The topological polar surface area (TPSA) is 39.7 Å². The van der Waals surface area contributed by atoms with Gasteiger partial charge in [0.1, 0.15) is 0 Å². The highest BCUT2D eigenvalue weighted by molar-refractivity contribution is 7.99. The van der Waals surface area contributed by atoms with E-state index in [2.05, 4.69) is 82.0 Å². The first kappa shape index (κ1) is 19.6. The summed E-state index contributed by atoms with van der Waals surface area (Å²) in [6, 6.07) is 19.5. The Hall–Kier alpha value is -2.14. The molecule has 0 bridgehead atoms. The first-order valence-corrected chi connectivity index (χ1v) is 10.8. The van der Waals surface area contributed by atoms with Crippen molar-refractivity contribution < 1.29 is 0 Å². The fourth-order valence-electron chi connectivity index (χ4n) is 3.20. The van der Waals surface area contributed by atoms with Gasteiger partial charge in [-0.25, -0.2) is 0 Å². The fourth-order valence-corrected chi connectivity index (χ4v) is 4.10. The SMILES string of the molecule is CN=C(NCc1ccc(N2CCSCC2)cc1)NCC(C)c1ccccc1. The standard InChI is InChI=1S/C22H30N4S/c1-18(20-6-4-3-5-7-20)16-24-22(23-2)25-17-19-8-10-21(11-9-19)26-12-14-27-15-13-26/h3-11,18H,12-17H2,1-2H3,(H2,23,24,25). The van der Waals surface area contributed by atoms with Crippen molar-refractivity contribution in [3.05, 3.63) is 65.7 Å². The molecule has 0 spiro atoms. The van der Waals surface area contributed by atoms with Crippen molar-refractivity contribution in [1.29, 1.82) is 0 Å². The fraction of sp³-hybridized carbons (Fsp3) is 0.409. The number of thioether (sulfide) groups is 1. The van der Waals surface area contributed by atoms with Crippen LogP contribution in [0, 0.1) is 0 Å². The van der Waals surface area contributed by atoms with E-state index in [1.165, 1.54) is 28.3 Å². The molecular weight excluding hydrogens is 352 g/mol. The third kappa shape index (κ3) is 5.93. The summed E-state index contributed by atoms with van der Waals surface area (Å²) in [6.45, 7) is 6.16. The first-order chi connectivity index (χ1) is 13.3. The van der Waals surface area contributed by atoms with Crippen LogP contribution in [-0.2, 0) is 6.54 Å². The summed E-state index contributed by atoms with van der Waals surface area (Å²) in [5, 5.41) is 6.84. The number of nitrogens with one attached hydrogen (secondary N) is 2. The van der Waals surface area contributed by atoms with E-state index in [0.29, 0.717) is 5.92 Å². The first-order valence-electron chi connectivity index (χ1n) is 9.67. The Morgan fingerprint density at radius 2 is 1.74 bits per heavy atom. The Balaban J connectivity index is 1.46. The molecule has 5 heteroatoms. The minimum atomic E-state index is 0.437. The van der Waals surface area contributed by atoms with Crippen molar-refractivity contribution in [3.8, 4) is 0 Å². The number of hydrogen-bond acceptors (Lipinski definition) is 3. The lowest BCUT2D eigenvalue weighted by molar-refractivity contribution is 0.699. The van der Waals surface area contributed by atoms with Crippen LogP contribution < -0.4 is 15.5 Å². The van der Waals surface area contributed by atoms with Gasteiger partial charge in [0.2, 0.25) is 0 Å². The molecule has 0 aliphatic carbocycles. The molecule has 144 valence electrons. The molecule has 0 saturated carbocycles. The summed E-state index contributed by atoms with van der Waals surface area (Å²) in [5.74, 6) is 3.74. The molecule has 4 nitrogen and oxygen atoms in total. The molecule has 27 heavy (non-hydrogen) atoms. The van der Waals surface area contributed by atoms with E-state index < -0.39 is 0 Å². The van der Waals surface area contributed by atoms with Gasteiger partial charge in [0.25, 0.3) is 0 Å². The Kier molecular flexibility index (Phi) is 7.45. The van der Waals surface area contributed by atoms with Crippen LogP contribution in [0.15, 0.2) is 59.6 Å². The molecule has 0 amide bonds. The lowest BCUT2D eigenvalue weighted by atomic mass is 10.0. The molecule has 1 aliphatic rings. The van der Waals surface area contributed by atoms with E-state index in [4.69, 9.17) is 0 Å².